The van der Waals surface area contributed by atoms with E-state index in [-0.39, 0.29) is 6.04 Å². The van der Waals surface area contributed by atoms with E-state index in [2.05, 4.69) is 11.4 Å². The lowest BCUT2D eigenvalue weighted by Crippen LogP contribution is -2.10. The molecule has 0 aliphatic carbocycles. The fourth-order valence-corrected chi connectivity index (χ4v) is 2.18. The number of anilines is 1. The first-order valence-corrected chi connectivity index (χ1v) is 6.64. The smallest absolute Gasteiger partial charge is 0.142 e. The quantitative estimate of drug-likeness (QED) is 0.885. The molecule has 0 radical (unpaired) electrons. The zero-order valence-electron chi connectivity index (χ0n) is 11.1. The van der Waals surface area contributed by atoms with Crippen molar-refractivity contribution in [1.29, 1.82) is 5.26 Å². The van der Waals surface area contributed by atoms with E-state index in [4.69, 9.17) is 21.6 Å². The third-order valence-electron chi connectivity index (χ3n) is 2.99. The molecule has 0 aliphatic heterocycles. The minimum absolute atomic E-state index is 0.103. The molecule has 2 aromatic carbocycles. The van der Waals surface area contributed by atoms with Crippen LogP contribution in [0.4, 0.5) is 5.69 Å². The molecule has 0 saturated carbocycles. The number of benzene rings is 2. The topological polar surface area (TPSA) is 45.0 Å². The van der Waals surface area contributed by atoms with Gasteiger partial charge in [0.1, 0.15) is 5.75 Å². The van der Waals surface area contributed by atoms with E-state index < -0.39 is 0 Å². The first kappa shape index (κ1) is 14.2. The summed E-state index contributed by atoms with van der Waals surface area (Å²) in [6.07, 6.45) is 0.361. The molecule has 3 nitrogen and oxygen atoms in total. The van der Waals surface area contributed by atoms with Gasteiger partial charge in [0.15, 0.2) is 0 Å². The van der Waals surface area contributed by atoms with Crippen LogP contribution in [-0.4, -0.2) is 7.11 Å². The average molecular weight is 287 g/mol. The zero-order valence-corrected chi connectivity index (χ0v) is 11.9. The maximum absolute atomic E-state index is 9.01. The predicted octanol–water partition coefficient (Wildman–Crippen LogP) is 4.42. The molecule has 0 spiro atoms. The molecule has 0 heterocycles. The Balaban J connectivity index is 2.29. The van der Waals surface area contributed by atoms with Crippen LogP contribution in [-0.2, 0) is 0 Å². The van der Waals surface area contributed by atoms with Gasteiger partial charge in [0.25, 0.3) is 0 Å². The Labute approximate surface area is 123 Å². The van der Waals surface area contributed by atoms with Gasteiger partial charge in [-0.3, -0.25) is 0 Å². The molecule has 0 fully saturated rings. The van der Waals surface area contributed by atoms with Gasteiger partial charge < -0.3 is 10.1 Å². The van der Waals surface area contributed by atoms with Gasteiger partial charge >= 0.3 is 0 Å². The molecule has 0 aromatic heterocycles. The highest BCUT2D eigenvalue weighted by molar-refractivity contribution is 6.30. The van der Waals surface area contributed by atoms with Crippen molar-refractivity contribution < 1.29 is 4.74 Å². The molecule has 102 valence electrons. The van der Waals surface area contributed by atoms with E-state index in [1.54, 1.807) is 25.3 Å². The van der Waals surface area contributed by atoms with Crippen molar-refractivity contribution in [3.8, 4) is 11.8 Å². The second kappa shape index (κ2) is 6.83. The van der Waals surface area contributed by atoms with Gasteiger partial charge in [-0.1, -0.05) is 41.9 Å². The van der Waals surface area contributed by atoms with Crippen molar-refractivity contribution in [3.63, 3.8) is 0 Å². The van der Waals surface area contributed by atoms with Crippen LogP contribution in [0.2, 0.25) is 5.02 Å². The Morgan fingerprint density at radius 2 is 2.00 bits per heavy atom. The maximum Gasteiger partial charge on any atom is 0.142 e. The fraction of sp³-hybridized carbons (Fsp3) is 0.188. The Kier molecular flexibility index (Phi) is 4.86. The lowest BCUT2D eigenvalue weighted by Gasteiger charge is -2.19. The standard InChI is InChI=1S/C16H15ClN2O/c1-20-16-8-7-13(17)11-15(16)19-14(9-10-18)12-5-3-2-4-6-12/h2-8,11,14,19H,9H2,1H3. The molecule has 2 aromatic rings. The van der Waals surface area contributed by atoms with E-state index in [9.17, 15) is 0 Å². The van der Waals surface area contributed by atoms with E-state index in [1.165, 1.54) is 0 Å². The van der Waals surface area contributed by atoms with Crippen LogP contribution in [0.1, 0.15) is 18.0 Å². The van der Waals surface area contributed by atoms with E-state index in [0.717, 1.165) is 11.3 Å². The first-order valence-electron chi connectivity index (χ1n) is 6.26. The zero-order chi connectivity index (χ0) is 14.4. The first-order chi connectivity index (χ1) is 9.74. The van der Waals surface area contributed by atoms with Gasteiger partial charge in [0, 0.05) is 5.02 Å². The Bertz CT molecular complexity index is 608. The lowest BCUT2D eigenvalue weighted by molar-refractivity contribution is 0.416. The highest BCUT2D eigenvalue weighted by Crippen LogP contribution is 2.31. The van der Waals surface area contributed by atoms with Gasteiger partial charge in [0.05, 0.1) is 31.3 Å². The van der Waals surface area contributed by atoms with Crippen molar-refractivity contribution in [1.82, 2.24) is 0 Å². The summed E-state index contributed by atoms with van der Waals surface area (Å²) >= 11 is 6.02. The molecular weight excluding hydrogens is 272 g/mol. The summed E-state index contributed by atoms with van der Waals surface area (Å²) in [5, 5.41) is 13.0. The van der Waals surface area contributed by atoms with Crippen molar-refractivity contribution in [2.45, 2.75) is 12.5 Å². The molecule has 0 bridgehead atoms. The second-order valence-corrected chi connectivity index (χ2v) is 4.75. The summed E-state index contributed by atoms with van der Waals surface area (Å²) in [7, 11) is 1.61. The number of hydrogen-bond acceptors (Lipinski definition) is 3. The van der Waals surface area contributed by atoms with Crippen LogP contribution in [0.5, 0.6) is 5.75 Å². The van der Waals surface area contributed by atoms with Crippen LogP contribution in [0, 0.1) is 11.3 Å². The molecule has 1 N–H and O–H groups in total. The number of nitrogens with zero attached hydrogens (tertiary/aromatic N) is 1. The van der Waals surface area contributed by atoms with E-state index in [1.807, 2.05) is 30.3 Å². The van der Waals surface area contributed by atoms with E-state index >= 15 is 0 Å². The molecular formula is C16H15ClN2O. The van der Waals surface area contributed by atoms with Crippen LogP contribution >= 0.6 is 11.6 Å². The number of methoxy groups -OCH3 is 1. The van der Waals surface area contributed by atoms with Crippen molar-refractivity contribution in [2.24, 2.45) is 0 Å². The highest BCUT2D eigenvalue weighted by atomic mass is 35.5. The molecule has 0 saturated heterocycles. The van der Waals surface area contributed by atoms with Crippen LogP contribution < -0.4 is 10.1 Å². The van der Waals surface area contributed by atoms with Crippen molar-refractivity contribution >= 4 is 17.3 Å². The van der Waals surface area contributed by atoms with Crippen molar-refractivity contribution in [3.05, 3.63) is 59.1 Å². The van der Waals surface area contributed by atoms with Gasteiger partial charge in [-0.25, -0.2) is 0 Å². The minimum Gasteiger partial charge on any atom is -0.495 e. The predicted molar refractivity (Wildman–Crippen MR) is 81.0 cm³/mol. The largest absolute Gasteiger partial charge is 0.495 e. The fourth-order valence-electron chi connectivity index (χ4n) is 2.01. The molecule has 20 heavy (non-hydrogen) atoms. The van der Waals surface area contributed by atoms with Crippen LogP contribution in [0.25, 0.3) is 0 Å². The van der Waals surface area contributed by atoms with Crippen LogP contribution in [0.15, 0.2) is 48.5 Å². The molecule has 0 aliphatic rings. The monoisotopic (exact) mass is 286 g/mol. The second-order valence-electron chi connectivity index (χ2n) is 4.31. The number of nitrogens with one attached hydrogen (secondary N) is 1. The number of halogens is 1. The summed E-state index contributed by atoms with van der Waals surface area (Å²) in [5.41, 5.74) is 1.83. The SMILES string of the molecule is COc1ccc(Cl)cc1NC(CC#N)c1ccccc1. The number of nitriles is 1. The van der Waals surface area contributed by atoms with Crippen LogP contribution in [0.3, 0.4) is 0 Å². The van der Waals surface area contributed by atoms with Gasteiger partial charge in [-0.05, 0) is 23.8 Å². The van der Waals surface area contributed by atoms with Gasteiger partial charge in [-0.15, -0.1) is 0 Å². The number of hydrogen-bond donors (Lipinski definition) is 1. The summed E-state index contributed by atoms with van der Waals surface area (Å²) < 4.78 is 5.31. The van der Waals surface area contributed by atoms with Crippen molar-refractivity contribution in [2.75, 3.05) is 12.4 Å². The summed E-state index contributed by atoms with van der Waals surface area (Å²) in [6.45, 7) is 0. The normalized spacial score (nSPS) is 11.4. The molecule has 0 amide bonds. The average Bonchev–Trinajstić information content (AvgIpc) is 2.48. The summed E-state index contributed by atoms with van der Waals surface area (Å²) in [5.74, 6) is 0.702. The third-order valence-corrected chi connectivity index (χ3v) is 3.22. The van der Waals surface area contributed by atoms with E-state index in [0.29, 0.717) is 17.2 Å². The third kappa shape index (κ3) is 3.43. The maximum atomic E-state index is 9.01. The number of ether oxygens (including phenoxy) is 1. The lowest BCUT2D eigenvalue weighted by atomic mass is 10.0. The summed E-state index contributed by atoms with van der Waals surface area (Å²) in [4.78, 5) is 0. The molecule has 2 rings (SSSR count). The highest BCUT2D eigenvalue weighted by Gasteiger charge is 2.13. The molecule has 1 atom stereocenters. The van der Waals surface area contributed by atoms with Gasteiger partial charge in [-0.2, -0.15) is 5.26 Å². The Morgan fingerprint density at radius 3 is 2.65 bits per heavy atom. The Hall–Kier alpha value is -2.18. The molecule has 4 heteroatoms. The molecule has 1 unspecified atom stereocenters. The number of rotatable bonds is 5. The summed E-state index contributed by atoms with van der Waals surface area (Å²) in [6, 6.07) is 17.3. The minimum atomic E-state index is -0.103. The Morgan fingerprint density at radius 1 is 1.25 bits per heavy atom. The van der Waals surface area contributed by atoms with Gasteiger partial charge in [0.2, 0.25) is 0 Å².